The maximum atomic E-state index is 2.34. The second-order valence-electron chi connectivity index (χ2n) is 7.92. The van der Waals surface area contributed by atoms with E-state index in [0.29, 0.717) is 0 Å². The van der Waals surface area contributed by atoms with E-state index < -0.39 is 0 Å². The molecule has 0 saturated heterocycles. The summed E-state index contributed by atoms with van der Waals surface area (Å²) in [4.78, 5) is 0. The van der Waals surface area contributed by atoms with Gasteiger partial charge < -0.3 is 4.57 Å². The number of aromatic nitrogens is 1. The lowest BCUT2D eigenvalue weighted by Gasteiger charge is -2.06. The Balaban J connectivity index is 1.51. The molecule has 1 heteroatoms. The monoisotopic (exact) mass is 383 g/mol. The maximum Gasteiger partial charge on any atom is 0.0568 e. The van der Waals surface area contributed by atoms with Crippen LogP contribution in [0.3, 0.4) is 0 Å². The average Bonchev–Trinajstić information content (AvgIpc) is 3.11. The Labute approximate surface area is 175 Å². The molecule has 6 rings (SSSR count). The summed E-state index contributed by atoms with van der Waals surface area (Å²) < 4.78 is 2.33. The zero-order chi connectivity index (χ0) is 20.1. The molecule has 0 radical (unpaired) electrons. The first-order valence-corrected chi connectivity index (χ1v) is 10.4. The molecule has 0 spiro atoms. The van der Waals surface area contributed by atoms with Gasteiger partial charge in [-0.3, -0.25) is 0 Å². The van der Waals surface area contributed by atoms with Crippen LogP contribution >= 0.6 is 0 Å². The minimum atomic E-state index is 1.24. The predicted molar refractivity (Wildman–Crippen MR) is 129 cm³/mol. The van der Waals surface area contributed by atoms with E-state index >= 15 is 0 Å². The molecular formula is C29H21N. The quantitative estimate of drug-likeness (QED) is 0.287. The molecule has 0 bridgehead atoms. The number of fused-ring (bicyclic) bond motifs is 5. The molecule has 1 nitrogen and oxygen atoms in total. The largest absolute Gasteiger partial charge is 0.343 e. The minimum absolute atomic E-state index is 1.24. The Morgan fingerprint density at radius 1 is 0.467 bits per heavy atom. The Hall–Kier alpha value is -3.84. The van der Waals surface area contributed by atoms with Crippen molar-refractivity contribution < 1.29 is 0 Å². The number of hydrogen-bond donors (Lipinski definition) is 0. The fraction of sp³-hybridized carbons (Fsp3) is 0.0345. The summed E-state index contributed by atoms with van der Waals surface area (Å²) in [7, 11) is 2.17. The normalized spacial score (nSPS) is 11.5. The van der Waals surface area contributed by atoms with Crippen molar-refractivity contribution in [1.29, 1.82) is 0 Å². The highest BCUT2D eigenvalue weighted by molar-refractivity contribution is 6.18. The summed E-state index contributed by atoms with van der Waals surface area (Å²) in [6.45, 7) is 0. The summed E-state index contributed by atoms with van der Waals surface area (Å²) in [6.07, 6.45) is 0. The van der Waals surface area contributed by atoms with Gasteiger partial charge in [0.05, 0.1) is 5.52 Å². The summed E-state index contributed by atoms with van der Waals surface area (Å²) in [5, 5.41) is 5.21. The van der Waals surface area contributed by atoms with Crippen molar-refractivity contribution in [3.63, 3.8) is 0 Å². The highest BCUT2D eigenvalue weighted by Crippen LogP contribution is 2.36. The van der Waals surface area contributed by atoms with Crippen LogP contribution in [-0.4, -0.2) is 4.57 Å². The first-order chi connectivity index (χ1) is 14.8. The summed E-state index contributed by atoms with van der Waals surface area (Å²) in [6, 6.07) is 39.4. The molecule has 0 aliphatic carbocycles. The molecule has 0 aliphatic heterocycles. The van der Waals surface area contributed by atoms with Crippen molar-refractivity contribution >= 4 is 32.6 Å². The molecule has 0 amide bonds. The molecule has 5 aromatic carbocycles. The van der Waals surface area contributed by atoms with E-state index in [-0.39, 0.29) is 0 Å². The number of nitrogens with zero attached hydrogens (tertiary/aromatic N) is 1. The second kappa shape index (κ2) is 6.60. The van der Waals surface area contributed by atoms with Gasteiger partial charge in [-0.2, -0.15) is 0 Å². The van der Waals surface area contributed by atoms with Gasteiger partial charge in [-0.1, -0.05) is 97.1 Å². The van der Waals surface area contributed by atoms with E-state index in [9.17, 15) is 0 Å². The smallest absolute Gasteiger partial charge is 0.0568 e. The minimum Gasteiger partial charge on any atom is -0.343 e. The number of benzene rings is 5. The first kappa shape index (κ1) is 17.1. The van der Waals surface area contributed by atoms with Crippen molar-refractivity contribution in [2.75, 3.05) is 0 Å². The summed E-state index contributed by atoms with van der Waals surface area (Å²) in [5.41, 5.74) is 7.57. The fourth-order valence-electron chi connectivity index (χ4n) is 4.66. The van der Waals surface area contributed by atoms with Gasteiger partial charge >= 0.3 is 0 Å². The highest BCUT2D eigenvalue weighted by atomic mass is 14.9. The van der Waals surface area contributed by atoms with Crippen LogP contribution in [0.4, 0.5) is 0 Å². The molecule has 0 unspecified atom stereocenters. The van der Waals surface area contributed by atoms with Crippen LogP contribution in [0.2, 0.25) is 0 Å². The SMILES string of the molecule is Cn1c2ccc(-c3ccc(-c4ccccc4)cc3)cc2c2ccc3ccccc3c21. The molecule has 0 saturated carbocycles. The summed E-state index contributed by atoms with van der Waals surface area (Å²) in [5.74, 6) is 0. The van der Waals surface area contributed by atoms with Gasteiger partial charge in [0.1, 0.15) is 0 Å². The molecule has 0 aliphatic rings. The standard InChI is InChI=1S/C29H21N/c1-30-28-18-16-24(22-13-11-21(12-14-22)20-7-3-2-4-8-20)19-27(28)26-17-15-23-9-5-6-10-25(23)29(26)30/h2-19H,1H3. The molecule has 6 aromatic rings. The second-order valence-corrected chi connectivity index (χ2v) is 7.92. The molecule has 0 N–H and O–H groups in total. The predicted octanol–water partition coefficient (Wildman–Crippen LogP) is 7.82. The molecule has 30 heavy (non-hydrogen) atoms. The fourth-order valence-corrected chi connectivity index (χ4v) is 4.66. The van der Waals surface area contributed by atoms with Crippen molar-refractivity contribution in [3.8, 4) is 22.3 Å². The Bertz CT molecular complexity index is 1520. The number of rotatable bonds is 2. The number of aryl methyl sites for hydroxylation is 1. The molecule has 1 heterocycles. The van der Waals surface area contributed by atoms with E-state index in [1.165, 1.54) is 54.8 Å². The van der Waals surface area contributed by atoms with E-state index in [1.54, 1.807) is 0 Å². The topological polar surface area (TPSA) is 4.93 Å². The van der Waals surface area contributed by atoms with Crippen LogP contribution in [0.1, 0.15) is 0 Å². The lowest BCUT2D eigenvalue weighted by Crippen LogP contribution is -1.87. The van der Waals surface area contributed by atoms with Gasteiger partial charge in [0.2, 0.25) is 0 Å². The van der Waals surface area contributed by atoms with Crippen LogP contribution in [0.15, 0.2) is 109 Å². The van der Waals surface area contributed by atoms with Crippen LogP contribution in [0.5, 0.6) is 0 Å². The molecule has 142 valence electrons. The van der Waals surface area contributed by atoms with Gasteiger partial charge in [-0.25, -0.2) is 0 Å². The zero-order valence-electron chi connectivity index (χ0n) is 16.8. The average molecular weight is 383 g/mol. The number of hydrogen-bond acceptors (Lipinski definition) is 0. The van der Waals surface area contributed by atoms with Gasteiger partial charge in [-0.15, -0.1) is 0 Å². The summed E-state index contributed by atoms with van der Waals surface area (Å²) >= 11 is 0. The van der Waals surface area contributed by atoms with Gasteiger partial charge in [0.25, 0.3) is 0 Å². The lowest BCUT2D eigenvalue weighted by atomic mass is 9.99. The van der Waals surface area contributed by atoms with Gasteiger partial charge in [-0.05, 0) is 39.8 Å². The van der Waals surface area contributed by atoms with Crippen molar-refractivity contribution in [3.05, 3.63) is 109 Å². The zero-order valence-corrected chi connectivity index (χ0v) is 16.8. The van der Waals surface area contributed by atoms with Crippen molar-refractivity contribution in [1.82, 2.24) is 4.57 Å². The van der Waals surface area contributed by atoms with Crippen molar-refractivity contribution in [2.24, 2.45) is 7.05 Å². The molecule has 0 fully saturated rings. The van der Waals surface area contributed by atoms with Crippen LogP contribution < -0.4 is 0 Å². The third kappa shape index (κ3) is 2.56. The highest BCUT2D eigenvalue weighted by Gasteiger charge is 2.12. The van der Waals surface area contributed by atoms with Crippen LogP contribution in [-0.2, 0) is 7.05 Å². The Morgan fingerprint density at radius 3 is 1.90 bits per heavy atom. The Kier molecular flexibility index (Phi) is 3.75. The van der Waals surface area contributed by atoms with Crippen molar-refractivity contribution in [2.45, 2.75) is 0 Å². The molecule has 1 aromatic heterocycles. The maximum absolute atomic E-state index is 2.34. The van der Waals surface area contributed by atoms with E-state index in [0.717, 1.165) is 0 Å². The third-order valence-corrected chi connectivity index (χ3v) is 6.21. The van der Waals surface area contributed by atoms with Gasteiger partial charge in [0, 0.05) is 28.7 Å². The first-order valence-electron chi connectivity index (χ1n) is 10.4. The van der Waals surface area contributed by atoms with Crippen LogP contribution in [0, 0.1) is 0 Å². The van der Waals surface area contributed by atoms with E-state index in [2.05, 4.69) is 121 Å². The van der Waals surface area contributed by atoms with E-state index in [1.807, 2.05) is 0 Å². The van der Waals surface area contributed by atoms with E-state index in [4.69, 9.17) is 0 Å². The molecular weight excluding hydrogens is 362 g/mol. The lowest BCUT2D eigenvalue weighted by molar-refractivity contribution is 1.02. The Morgan fingerprint density at radius 2 is 1.10 bits per heavy atom. The third-order valence-electron chi connectivity index (χ3n) is 6.21. The molecule has 0 atom stereocenters. The van der Waals surface area contributed by atoms with Gasteiger partial charge in [0.15, 0.2) is 0 Å². The van der Waals surface area contributed by atoms with Crippen LogP contribution in [0.25, 0.3) is 54.8 Å².